The van der Waals surface area contributed by atoms with Gasteiger partial charge in [-0.05, 0) is 24.1 Å². The van der Waals surface area contributed by atoms with E-state index in [0.717, 1.165) is 5.69 Å². The minimum Gasteiger partial charge on any atom is -0.396 e. The second kappa shape index (κ2) is 6.25. The molecule has 0 aliphatic carbocycles. The molecule has 1 rings (SSSR count). The average Bonchev–Trinajstić information content (AvgIpc) is 2.35. The van der Waals surface area contributed by atoms with Gasteiger partial charge in [0, 0.05) is 38.5 Å². The van der Waals surface area contributed by atoms with Crippen LogP contribution in [-0.4, -0.2) is 38.3 Å². The molecule has 2 N–H and O–H groups in total. The van der Waals surface area contributed by atoms with E-state index < -0.39 is 0 Å². The van der Waals surface area contributed by atoms with E-state index in [-0.39, 0.29) is 18.4 Å². The highest BCUT2D eigenvalue weighted by Gasteiger charge is 2.08. The topological polar surface area (TPSA) is 52.6 Å². The van der Waals surface area contributed by atoms with Crippen molar-refractivity contribution in [2.75, 3.05) is 32.1 Å². The van der Waals surface area contributed by atoms with Gasteiger partial charge in [0.25, 0.3) is 5.91 Å². The van der Waals surface area contributed by atoms with Gasteiger partial charge in [0.15, 0.2) is 0 Å². The lowest BCUT2D eigenvalue weighted by molar-refractivity contribution is 0.0942. The first kappa shape index (κ1) is 13.5. The standard InChI is InChI=1S/C13H20N2O2/c1-10(9-16)8-14-13(17)11-5-4-6-12(7-11)15(2)3/h4-7,10,16H,8-9H2,1-3H3,(H,14,17). The van der Waals surface area contributed by atoms with Crippen LogP contribution < -0.4 is 10.2 Å². The van der Waals surface area contributed by atoms with Crippen LogP contribution in [-0.2, 0) is 0 Å². The first-order valence-corrected chi connectivity index (χ1v) is 5.71. The molecule has 1 aromatic rings. The number of nitrogens with one attached hydrogen (secondary N) is 1. The monoisotopic (exact) mass is 236 g/mol. The predicted octanol–water partition coefficient (Wildman–Crippen LogP) is 1.11. The maximum absolute atomic E-state index is 11.8. The summed E-state index contributed by atoms with van der Waals surface area (Å²) in [5.74, 6) is -0.0232. The van der Waals surface area contributed by atoms with Gasteiger partial charge in [-0.1, -0.05) is 13.0 Å². The number of hydrogen-bond donors (Lipinski definition) is 2. The van der Waals surface area contributed by atoms with Crippen molar-refractivity contribution in [2.24, 2.45) is 5.92 Å². The highest BCUT2D eigenvalue weighted by atomic mass is 16.3. The van der Waals surface area contributed by atoms with Crippen molar-refractivity contribution in [3.63, 3.8) is 0 Å². The van der Waals surface area contributed by atoms with E-state index in [1.165, 1.54) is 0 Å². The molecule has 1 amide bonds. The zero-order valence-electron chi connectivity index (χ0n) is 10.6. The maximum atomic E-state index is 11.8. The fourth-order valence-electron chi connectivity index (χ4n) is 1.36. The third kappa shape index (κ3) is 4.07. The van der Waals surface area contributed by atoms with E-state index in [2.05, 4.69) is 5.32 Å². The summed E-state index contributed by atoms with van der Waals surface area (Å²) in [6.45, 7) is 2.45. The predicted molar refractivity (Wildman–Crippen MR) is 69.4 cm³/mol. The van der Waals surface area contributed by atoms with Gasteiger partial charge in [0.1, 0.15) is 0 Å². The third-order valence-electron chi connectivity index (χ3n) is 2.55. The van der Waals surface area contributed by atoms with E-state index in [4.69, 9.17) is 5.11 Å². The lowest BCUT2D eigenvalue weighted by Gasteiger charge is -2.14. The molecule has 0 saturated carbocycles. The molecule has 0 fully saturated rings. The molecular formula is C13H20N2O2. The molecule has 0 heterocycles. The van der Waals surface area contributed by atoms with Crippen LogP contribution in [0.4, 0.5) is 5.69 Å². The number of anilines is 1. The van der Waals surface area contributed by atoms with Gasteiger partial charge in [-0.2, -0.15) is 0 Å². The molecule has 1 unspecified atom stereocenters. The number of carbonyl (C=O) groups is 1. The zero-order valence-corrected chi connectivity index (χ0v) is 10.6. The Bertz CT molecular complexity index is 377. The summed E-state index contributed by atoms with van der Waals surface area (Å²) in [6.07, 6.45) is 0. The molecule has 0 aromatic heterocycles. The van der Waals surface area contributed by atoms with E-state index in [1.807, 2.05) is 44.1 Å². The lowest BCUT2D eigenvalue weighted by atomic mass is 10.1. The molecule has 4 nitrogen and oxygen atoms in total. The summed E-state index contributed by atoms with van der Waals surface area (Å²) in [5, 5.41) is 11.7. The van der Waals surface area contributed by atoms with Crippen LogP contribution in [0.2, 0.25) is 0 Å². The van der Waals surface area contributed by atoms with Crippen molar-refractivity contribution in [1.82, 2.24) is 5.32 Å². The first-order chi connectivity index (χ1) is 8.04. The highest BCUT2D eigenvalue weighted by Crippen LogP contribution is 2.13. The Kier molecular flexibility index (Phi) is 4.97. The molecule has 17 heavy (non-hydrogen) atoms. The summed E-state index contributed by atoms with van der Waals surface area (Å²) in [7, 11) is 3.87. The zero-order chi connectivity index (χ0) is 12.8. The maximum Gasteiger partial charge on any atom is 0.251 e. The number of hydrogen-bond acceptors (Lipinski definition) is 3. The summed E-state index contributed by atoms with van der Waals surface area (Å²) >= 11 is 0. The van der Waals surface area contributed by atoms with Crippen molar-refractivity contribution in [3.05, 3.63) is 29.8 Å². The molecule has 0 aliphatic heterocycles. The normalized spacial score (nSPS) is 12.0. The summed E-state index contributed by atoms with van der Waals surface area (Å²) < 4.78 is 0. The smallest absolute Gasteiger partial charge is 0.251 e. The molecular weight excluding hydrogens is 216 g/mol. The third-order valence-corrected chi connectivity index (χ3v) is 2.55. The van der Waals surface area contributed by atoms with Gasteiger partial charge in [0.2, 0.25) is 0 Å². The van der Waals surface area contributed by atoms with E-state index in [9.17, 15) is 4.79 Å². The highest BCUT2D eigenvalue weighted by molar-refractivity contribution is 5.95. The lowest BCUT2D eigenvalue weighted by Crippen LogP contribution is -2.29. The quantitative estimate of drug-likeness (QED) is 0.805. The van der Waals surface area contributed by atoms with Crippen LogP contribution in [0, 0.1) is 5.92 Å². The van der Waals surface area contributed by atoms with Gasteiger partial charge in [0.05, 0.1) is 0 Å². The molecule has 94 valence electrons. The number of amides is 1. The largest absolute Gasteiger partial charge is 0.396 e. The molecule has 1 atom stereocenters. The van der Waals surface area contributed by atoms with E-state index in [0.29, 0.717) is 12.1 Å². The van der Waals surface area contributed by atoms with Gasteiger partial charge in [-0.3, -0.25) is 4.79 Å². The Morgan fingerprint density at radius 2 is 2.18 bits per heavy atom. The molecule has 0 spiro atoms. The number of nitrogens with zero attached hydrogens (tertiary/aromatic N) is 1. The second-order valence-electron chi connectivity index (χ2n) is 4.44. The molecule has 4 heteroatoms. The Hall–Kier alpha value is -1.55. The van der Waals surface area contributed by atoms with Crippen molar-refractivity contribution < 1.29 is 9.90 Å². The van der Waals surface area contributed by atoms with Crippen LogP contribution in [0.1, 0.15) is 17.3 Å². The van der Waals surface area contributed by atoms with Gasteiger partial charge in [-0.25, -0.2) is 0 Å². The summed E-state index contributed by atoms with van der Waals surface area (Å²) in [6, 6.07) is 7.44. The van der Waals surface area contributed by atoms with E-state index >= 15 is 0 Å². The molecule has 0 radical (unpaired) electrons. The van der Waals surface area contributed by atoms with Gasteiger partial charge >= 0.3 is 0 Å². The van der Waals surface area contributed by atoms with Crippen LogP contribution in [0.25, 0.3) is 0 Å². The second-order valence-corrected chi connectivity index (χ2v) is 4.44. The van der Waals surface area contributed by atoms with E-state index in [1.54, 1.807) is 6.07 Å². The van der Waals surface area contributed by atoms with Crippen LogP contribution >= 0.6 is 0 Å². The van der Waals surface area contributed by atoms with Gasteiger partial charge in [-0.15, -0.1) is 0 Å². The van der Waals surface area contributed by atoms with Crippen molar-refractivity contribution in [1.29, 1.82) is 0 Å². The minimum absolute atomic E-state index is 0.0796. The Balaban J connectivity index is 2.66. The Labute approximate surface area is 102 Å². The Morgan fingerprint density at radius 1 is 1.47 bits per heavy atom. The van der Waals surface area contributed by atoms with Crippen LogP contribution in [0.15, 0.2) is 24.3 Å². The molecule has 0 aliphatic rings. The van der Waals surface area contributed by atoms with Crippen molar-refractivity contribution >= 4 is 11.6 Å². The Morgan fingerprint density at radius 3 is 2.76 bits per heavy atom. The summed E-state index contributed by atoms with van der Waals surface area (Å²) in [4.78, 5) is 13.8. The fourth-order valence-corrected chi connectivity index (χ4v) is 1.36. The van der Waals surface area contributed by atoms with Gasteiger partial charge < -0.3 is 15.3 Å². The molecule has 0 saturated heterocycles. The van der Waals surface area contributed by atoms with Crippen molar-refractivity contribution in [3.8, 4) is 0 Å². The first-order valence-electron chi connectivity index (χ1n) is 5.71. The summed E-state index contributed by atoms with van der Waals surface area (Å²) in [5.41, 5.74) is 1.63. The minimum atomic E-state index is -0.103. The number of rotatable bonds is 5. The number of carbonyl (C=O) groups excluding carboxylic acids is 1. The number of benzene rings is 1. The number of aliphatic hydroxyl groups is 1. The molecule has 0 bridgehead atoms. The SMILES string of the molecule is CC(CO)CNC(=O)c1cccc(N(C)C)c1. The van der Waals surface area contributed by atoms with Crippen LogP contribution in [0.5, 0.6) is 0 Å². The molecule has 1 aromatic carbocycles. The van der Waals surface area contributed by atoms with Crippen LogP contribution in [0.3, 0.4) is 0 Å². The van der Waals surface area contributed by atoms with Crippen molar-refractivity contribution in [2.45, 2.75) is 6.92 Å². The number of aliphatic hydroxyl groups excluding tert-OH is 1. The average molecular weight is 236 g/mol. The fraction of sp³-hybridized carbons (Fsp3) is 0.462.